The molecule has 5 heteroatoms. The first-order chi connectivity index (χ1) is 13.8. The first-order valence-electron chi connectivity index (χ1n) is 9.77. The molecule has 0 amide bonds. The van der Waals surface area contributed by atoms with Gasteiger partial charge in [0, 0.05) is 30.3 Å². The summed E-state index contributed by atoms with van der Waals surface area (Å²) in [6, 6.07) is 18.3. The Kier molecular flexibility index (Phi) is 7.64. The van der Waals surface area contributed by atoms with Gasteiger partial charge in [-0.25, -0.2) is 4.98 Å². The highest BCUT2D eigenvalue weighted by molar-refractivity contribution is 5.83. The van der Waals surface area contributed by atoms with Gasteiger partial charge in [-0.1, -0.05) is 25.1 Å². The van der Waals surface area contributed by atoms with Gasteiger partial charge in [0.15, 0.2) is 0 Å². The van der Waals surface area contributed by atoms with Crippen LogP contribution in [-0.4, -0.2) is 45.1 Å². The number of aromatic nitrogens is 1. The summed E-state index contributed by atoms with van der Waals surface area (Å²) >= 11 is 0. The third-order valence-electron chi connectivity index (χ3n) is 4.35. The molecule has 2 aromatic carbocycles. The summed E-state index contributed by atoms with van der Waals surface area (Å²) in [4.78, 5) is 4.77. The minimum absolute atomic E-state index is 0.516. The average Bonchev–Trinajstić information content (AvgIpc) is 2.75. The Bertz CT molecular complexity index is 865. The van der Waals surface area contributed by atoms with Crippen LogP contribution in [0.15, 0.2) is 54.6 Å². The van der Waals surface area contributed by atoms with Crippen molar-refractivity contribution in [1.29, 1.82) is 0 Å². The Morgan fingerprint density at radius 2 is 1.57 bits per heavy atom. The molecule has 1 N–H and O–H groups in total. The number of rotatable bonds is 11. The fraction of sp³-hybridized carbons (Fsp3) is 0.348. The van der Waals surface area contributed by atoms with Gasteiger partial charge in [0.05, 0.1) is 31.0 Å². The number of nitrogens with one attached hydrogen (secondary N) is 1. The third-order valence-corrected chi connectivity index (χ3v) is 4.35. The number of nitrogens with zero attached hydrogens (tertiary/aromatic N) is 1. The van der Waals surface area contributed by atoms with Crippen molar-refractivity contribution >= 4 is 16.6 Å². The third kappa shape index (κ3) is 5.68. The SMILES string of the molecule is CCCOCCOCCOc1ccc2nc(-c3ccc(NC)cc3)ccc2c1. The molecular formula is C23H28N2O3. The van der Waals surface area contributed by atoms with Crippen LogP contribution in [0.3, 0.4) is 0 Å². The summed E-state index contributed by atoms with van der Waals surface area (Å²) in [5, 5.41) is 4.19. The van der Waals surface area contributed by atoms with E-state index >= 15 is 0 Å². The standard InChI is InChI=1S/C23H28N2O3/c1-3-12-26-13-14-27-15-16-28-21-9-11-23-19(17-21)6-10-22(25-23)18-4-7-20(24-2)8-5-18/h4-11,17,24H,3,12-16H2,1-2H3. The van der Waals surface area contributed by atoms with E-state index in [1.165, 1.54) is 0 Å². The maximum Gasteiger partial charge on any atom is 0.120 e. The van der Waals surface area contributed by atoms with Crippen molar-refractivity contribution in [2.75, 3.05) is 45.4 Å². The van der Waals surface area contributed by atoms with Crippen molar-refractivity contribution in [3.63, 3.8) is 0 Å². The molecule has 0 aliphatic heterocycles. The Hall–Kier alpha value is -2.63. The van der Waals surface area contributed by atoms with Gasteiger partial charge < -0.3 is 19.5 Å². The quantitative estimate of drug-likeness (QED) is 0.486. The molecule has 28 heavy (non-hydrogen) atoms. The number of hydrogen-bond donors (Lipinski definition) is 1. The highest BCUT2D eigenvalue weighted by Crippen LogP contribution is 2.25. The highest BCUT2D eigenvalue weighted by atomic mass is 16.5. The maximum absolute atomic E-state index is 5.78. The summed E-state index contributed by atoms with van der Waals surface area (Å²) in [6.45, 7) is 5.18. The summed E-state index contributed by atoms with van der Waals surface area (Å²) in [6.07, 6.45) is 1.03. The zero-order chi connectivity index (χ0) is 19.6. The van der Waals surface area contributed by atoms with E-state index < -0.39 is 0 Å². The van der Waals surface area contributed by atoms with E-state index in [4.69, 9.17) is 19.2 Å². The molecule has 0 aliphatic carbocycles. The molecule has 0 unspecified atom stereocenters. The van der Waals surface area contributed by atoms with Gasteiger partial charge in [0.2, 0.25) is 0 Å². The van der Waals surface area contributed by atoms with E-state index in [0.717, 1.165) is 46.6 Å². The van der Waals surface area contributed by atoms with E-state index in [9.17, 15) is 0 Å². The number of hydrogen-bond acceptors (Lipinski definition) is 5. The number of pyridine rings is 1. The van der Waals surface area contributed by atoms with Gasteiger partial charge in [-0.05, 0) is 42.8 Å². The van der Waals surface area contributed by atoms with Crippen molar-refractivity contribution in [3.8, 4) is 17.0 Å². The number of ether oxygens (including phenoxy) is 3. The normalized spacial score (nSPS) is 10.9. The van der Waals surface area contributed by atoms with Gasteiger partial charge in [0.25, 0.3) is 0 Å². The van der Waals surface area contributed by atoms with E-state index in [-0.39, 0.29) is 0 Å². The van der Waals surface area contributed by atoms with Crippen molar-refractivity contribution in [2.24, 2.45) is 0 Å². The topological polar surface area (TPSA) is 52.6 Å². The van der Waals surface area contributed by atoms with Crippen molar-refractivity contribution in [3.05, 3.63) is 54.6 Å². The van der Waals surface area contributed by atoms with Crippen LogP contribution >= 0.6 is 0 Å². The summed E-state index contributed by atoms with van der Waals surface area (Å²) in [5.41, 5.74) is 4.10. The van der Waals surface area contributed by atoms with Gasteiger partial charge in [-0.2, -0.15) is 0 Å². The summed E-state index contributed by atoms with van der Waals surface area (Å²) in [7, 11) is 1.91. The Labute approximate surface area is 166 Å². The lowest BCUT2D eigenvalue weighted by atomic mass is 10.1. The van der Waals surface area contributed by atoms with Crippen LogP contribution in [0, 0.1) is 0 Å². The molecule has 0 spiro atoms. The Morgan fingerprint density at radius 1 is 0.821 bits per heavy atom. The molecule has 0 radical (unpaired) electrons. The molecular weight excluding hydrogens is 352 g/mol. The largest absolute Gasteiger partial charge is 0.491 e. The number of benzene rings is 2. The molecule has 3 rings (SSSR count). The second-order valence-corrected chi connectivity index (χ2v) is 6.45. The highest BCUT2D eigenvalue weighted by Gasteiger charge is 2.04. The fourth-order valence-electron chi connectivity index (χ4n) is 2.85. The average molecular weight is 380 g/mol. The monoisotopic (exact) mass is 380 g/mol. The molecule has 0 saturated heterocycles. The van der Waals surface area contributed by atoms with Gasteiger partial charge in [-0.15, -0.1) is 0 Å². The smallest absolute Gasteiger partial charge is 0.120 e. The lowest BCUT2D eigenvalue weighted by Gasteiger charge is -2.09. The van der Waals surface area contributed by atoms with Crippen LogP contribution in [0.1, 0.15) is 13.3 Å². The van der Waals surface area contributed by atoms with E-state index in [1.807, 2.05) is 31.3 Å². The zero-order valence-electron chi connectivity index (χ0n) is 16.6. The second-order valence-electron chi connectivity index (χ2n) is 6.45. The van der Waals surface area contributed by atoms with Crippen molar-refractivity contribution < 1.29 is 14.2 Å². The lowest BCUT2D eigenvalue weighted by Crippen LogP contribution is -2.11. The van der Waals surface area contributed by atoms with E-state index in [1.54, 1.807) is 0 Å². The number of fused-ring (bicyclic) bond motifs is 1. The van der Waals surface area contributed by atoms with Gasteiger partial charge in [-0.3, -0.25) is 0 Å². The van der Waals surface area contributed by atoms with E-state index in [0.29, 0.717) is 26.4 Å². The van der Waals surface area contributed by atoms with E-state index in [2.05, 4.69) is 42.6 Å². The Balaban J connectivity index is 1.54. The molecule has 1 aromatic heterocycles. The van der Waals surface area contributed by atoms with Crippen LogP contribution in [-0.2, 0) is 9.47 Å². The molecule has 0 bridgehead atoms. The molecule has 0 aliphatic rings. The maximum atomic E-state index is 5.78. The lowest BCUT2D eigenvalue weighted by molar-refractivity contribution is 0.0366. The van der Waals surface area contributed by atoms with Crippen LogP contribution in [0.4, 0.5) is 5.69 Å². The molecule has 1 heterocycles. The van der Waals surface area contributed by atoms with Crippen LogP contribution in [0.2, 0.25) is 0 Å². The minimum Gasteiger partial charge on any atom is -0.491 e. The summed E-state index contributed by atoms with van der Waals surface area (Å²) in [5.74, 6) is 0.825. The molecule has 0 fully saturated rings. The molecule has 148 valence electrons. The summed E-state index contributed by atoms with van der Waals surface area (Å²) < 4.78 is 16.7. The molecule has 0 atom stereocenters. The first-order valence-corrected chi connectivity index (χ1v) is 9.77. The molecule has 3 aromatic rings. The van der Waals surface area contributed by atoms with Crippen molar-refractivity contribution in [2.45, 2.75) is 13.3 Å². The van der Waals surface area contributed by atoms with Crippen molar-refractivity contribution in [1.82, 2.24) is 4.98 Å². The molecule has 0 saturated carbocycles. The minimum atomic E-state index is 0.516. The zero-order valence-corrected chi connectivity index (χ0v) is 16.6. The van der Waals surface area contributed by atoms with Crippen LogP contribution < -0.4 is 10.1 Å². The fourth-order valence-corrected chi connectivity index (χ4v) is 2.85. The number of anilines is 1. The predicted molar refractivity (Wildman–Crippen MR) is 114 cm³/mol. The van der Waals surface area contributed by atoms with Crippen LogP contribution in [0.5, 0.6) is 5.75 Å². The predicted octanol–water partition coefficient (Wildman–Crippen LogP) is 4.77. The first kappa shape index (κ1) is 20.1. The van der Waals surface area contributed by atoms with Gasteiger partial charge in [0.1, 0.15) is 12.4 Å². The Morgan fingerprint density at radius 3 is 2.32 bits per heavy atom. The van der Waals surface area contributed by atoms with Gasteiger partial charge >= 0.3 is 0 Å². The van der Waals surface area contributed by atoms with Crippen LogP contribution in [0.25, 0.3) is 22.2 Å². The second kappa shape index (κ2) is 10.6. The molecule has 5 nitrogen and oxygen atoms in total.